The van der Waals surface area contributed by atoms with Crippen molar-refractivity contribution in [3.8, 4) is 0 Å². The lowest BCUT2D eigenvalue weighted by molar-refractivity contribution is -0.137. The highest BCUT2D eigenvalue weighted by Crippen LogP contribution is 2.29. The van der Waals surface area contributed by atoms with Crippen molar-refractivity contribution >= 4 is 5.91 Å². The fourth-order valence-electron chi connectivity index (χ4n) is 2.32. The first-order valence-electron chi connectivity index (χ1n) is 7.19. The first-order chi connectivity index (χ1) is 10.9. The van der Waals surface area contributed by atoms with E-state index >= 15 is 0 Å². The Balaban J connectivity index is 1.81. The minimum absolute atomic E-state index is 0.167. The average molecular weight is 331 g/mol. The second-order valence-electron chi connectivity index (χ2n) is 5.26. The lowest BCUT2D eigenvalue weighted by atomic mass is 10.1. The number of allylic oxidation sites excluding steroid dienone is 1. The Morgan fingerprint density at radius 1 is 1.30 bits per heavy atom. The molecule has 1 atom stereocenters. The molecule has 0 bridgehead atoms. The normalized spacial score (nSPS) is 18.8. The third-order valence-electron chi connectivity index (χ3n) is 3.57. The van der Waals surface area contributed by atoms with E-state index in [9.17, 15) is 22.4 Å². The molecule has 0 radical (unpaired) electrons. The Labute approximate surface area is 131 Å². The molecular formula is C16H17F4NO2. The largest absolute Gasteiger partial charge is 0.416 e. The number of halogens is 4. The van der Waals surface area contributed by atoms with Crippen LogP contribution in [-0.2, 0) is 22.3 Å². The van der Waals surface area contributed by atoms with E-state index in [2.05, 4.69) is 0 Å². The van der Waals surface area contributed by atoms with Crippen molar-refractivity contribution in [1.82, 2.24) is 4.90 Å². The number of benzene rings is 1. The van der Waals surface area contributed by atoms with Crippen molar-refractivity contribution in [2.45, 2.75) is 25.3 Å². The van der Waals surface area contributed by atoms with Gasteiger partial charge in [0.05, 0.1) is 18.3 Å². The van der Waals surface area contributed by atoms with Crippen molar-refractivity contribution in [2.24, 2.45) is 0 Å². The number of hydrogen-bond acceptors (Lipinski definition) is 2. The van der Waals surface area contributed by atoms with Gasteiger partial charge >= 0.3 is 6.18 Å². The summed E-state index contributed by atoms with van der Waals surface area (Å²) in [6, 6.07) is 4.80. The molecule has 3 nitrogen and oxygen atoms in total. The van der Waals surface area contributed by atoms with Crippen molar-refractivity contribution in [1.29, 1.82) is 0 Å². The molecule has 0 N–H and O–H groups in total. The van der Waals surface area contributed by atoms with Crippen LogP contribution >= 0.6 is 0 Å². The molecule has 1 aliphatic heterocycles. The molecule has 0 unspecified atom stereocenters. The van der Waals surface area contributed by atoms with Gasteiger partial charge in [-0.2, -0.15) is 13.2 Å². The fraction of sp³-hybridized carbons (Fsp3) is 0.438. The molecule has 1 aromatic carbocycles. The van der Waals surface area contributed by atoms with Crippen LogP contribution in [0.25, 0.3) is 0 Å². The zero-order valence-electron chi connectivity index (χ0n) is 12.4. The van der Waals surface area contributed by atoms with Crippen LogP contribution in [0.1, 0.15) is 17.5 Å². The number of carbonyl (C=O) groups is 1. The van der Waals surface area contributed by atoms with Gasteiger partial charge in [-0.25, -0.2) is 4.39 Å². The van der Waals surface area contributed by atoms with Gasteiger partial charge in [0.1, 0.15) is 6.67 Å². The third kappa shape index (κ3) is 5.06. The van der Waals surface area contributed by atoms with E-state index in [1.54, 1.807) is 4.90 Å². The second-order valence-corrected chi connectivity index (χ2v) is 5.26. The summed E-state index contributed by atoms with van der Waals surface area (Å²) in [5.74, 6) is -0.261. The van der Waals surface area contributed by atoms with Gasteiger partial charge in [0, 0.05) is 19.2 Å². The van der Waals surface area contributed by atoms with Crippen LogP contribution in [0.2, 0.25) is 0 Å². The van der Waals surface area contributed by atoms with Gasteiger partial charge in [0.25, 0.3) is 0 Å². The van der Waals surface area contributed by atoms with Gasteiger partial charge < -0.3 is 9.64 Å². The molecule has 2 rings (SSSR count). The van der Waals surface area contributed by atoms with Gasteiger partial charge in [0.15, 0.2) is 0 Å². The minimum Gasteiger partial charge on any atom is -0.372 e. The van der Waals surface area contributed by atoms with Gasteiger partial charge in [-0.15, -0.1) is 0 Å². The fourth-order valence-corrected chi connectivity index (χ4v) is 2.32. The van der Waals surface area contributed by atoms with Gasteiger partial charge in [0.2, 0.25) is 5.91 Å². The predicted molar refractivity (Wildman–Crippen MR) is 76.3 cm³/mol. The van der Waals surface area contributed by atoms with Crippen LogP contribution in [-0.4, -0.2) is 36.7 Å². The number of rotatable bonds is 5. The zero-order valence-corrected chi connectivity index (χ0v) is 12.4. The first-order valence-corrected chi connectivity index (χ1v) is 7.19. The van der Waals surface area contributed by atoms with Gasteiger partial charge in [-0.1, -0.05) is 12.1 Å². The number of ether oxygens (including phenoxy) is 1. The molecule has 1 aliphatic rings. The number of amides is 1. The predicted octanol–water partition coefficient (Wildman–Crippen LogP) is 3.35. The maximum atomic E-state index is 12.5. The summed E-state index contributed by atoms with van der Waals surface area (Å²) < 4.78 is 55.0. The van der Waals surface area contributed by atoms with E-state index in [1.807, 2.05) is 0 Å². The smallest absolute Gasteiger partial charge is 0.372 e. The van der Waals surface area contributed by atoms with Gasteiger partial charge in [-0.3, -0.25) is 4.79 Å². The van der Waals surface area contributed by atoms with E-state index in [0.717, 1.165) is 18.2 Å². The summed E-state index contributed by atoms with van der Waals surface area (Å²) in [5.41, 5.74) is -0.0568. The van der Waals surface area contributed by atoms with Crippen LogP contribution in [0.4, 0.5) is 17.6 Å². The highest BCUT2D eigenvalue weighted by atomic mass is 19.4. The molecule has 1 aromatic rings. The molecule has 0 aromatic heterocycles. The molecule has 0 saturated carbocycles. The number of likely N-dealkylation sites (tertiary alicyclic amines) is 1. The first kappa shape index (κ1) is 17.5. The number of alkyl halides is 4. The molecule has 23 heavy (non-hydrogen) atoms. The highest BCUT2D eigenvalue weighted by molar-refractivity contribution is 5.87. The Morgan fingerprint density at radius 2 is 2.00 bits per heavy atom. The van der Waals surface area contributed by atoms with Crippen molar-refractivity contribution in [3.63, 3.8) is 0 Å². The number of carbonyl (C=O) groups excluding carboxylic acids is 1. The van der Waals surface area contributed by atoms with Crippen LogP contribution < -0.4 is 0 Å². The quantitative estimate of drug-likeness (QED) is 0.612. The molecule has 1 amide bonds. The van der Waals surface area contributed by atoms with Crippen LogP contribution in [0.15, 0.2) is 36.4 Å². The maximum Gasteiger partial charge on any atom is 0.416 e. The number of nitrogens with zero attached hydrogens (tertiary/aromatic N) is 1. The Hall–Kier alpha value is -1.89. The van der Waals surface area contributed by atoms with Crippen molar-refractivity contribution in [3.05, 3.63) is 47.5 Å². The standard InChI is InChI=1S/C16H17F4NO2/c17-8-1-2-15(22)21-9-7-14(10-21)23-11-12-3-5-13(6-4-12)16(18,19)20/h1-6,14H,7-11H2/b2-1+/t14-/m0/s1. The van der Waals surface area contributed by atoms with Crippen LogP contribution in [0, 0.1) is 0 Å². The van der Waals surface area contributed by atoms with Crippen LogP contribution in [0.5, 0.6) is 0 Å². The topological polar surface area (TPSA) is 29.5 Å². The summed E-state index contributed by atoms with van der Waals surface area (Å²) in [6.45, 7) is 0.418. The molecule has 0 spiro atoms. The summed E-state index contributed by atoms with van der Waals surface area (Å²) in [4.78, 5) is 13.2. The Kier molecular flexibility index (Phi) is 5.76. The molecule has 0 aliphatic carbocycles. The lowest BCUT2D eigenvalue weighted by Crippen LogP contribution is -2.28. The third-order valence-corrected chi connectivity index (χ3v) is 3.57. The van der Waals surface area contributed by atoms with E-state index in [4.69, 9.17) is 4.74 Å². The average Bonchev–Trinajstić information content (AvgIpc) is 2.99. The zero-order chi connectivity index (χ0) is 16.9. The van der Waals surface area contributed by atoms with Crippen molar-refractivity contribution < 1.29 is 27.1 Å². The summed E-state index contributed by atoms with van der Waals surface area (Å²) in [6.07, 6.45) is -1.52. The van der Waals surface area contributed by atoms with Crippen molar-refractivity contribution in [2.75, 3.05) is 19.8 Å². The minimum atomic E-state index is -4.35. The van der Waals surface area contributed by atoms with E-state index in [1.165, 1.54) is 18.2 Å². The molecular weight excluding hydrogens is 314 g/mol. The SMILES string of the molecule is O=C(/C=C/CF)N1CC[C@H](OCc2ccc(C(F)(F)F)cc2)C1. The molecule has 1 saturated heterocycles. The lowest BCUT2D eigenvalue weighted by Gasteiger charge is -2.15. The molecule has 7 heteroatoms. The monoisotopic (exact) mass is 331 g/mol. The van der Waals surface area contributed by atoms with E-state index in [0.29, 0.717) is 25.1 Å². The molecule has 1 heterocycles. The number of hydrogen-bond donors (Lipinski definition) is 0. The highest BCUT2D eigenvalue weighted by Gasteiger charge is 2.30. The second kappa shape index (κ2) is 7.59. The van der Waals surface area contributed by atoms with Gasteiger partial charge in [-0.05, 0) is 30.2 Å². The molecule has 1 fully saturated rings. The Bertz CT molecular complexity index is 554. The van der Waals surface area contributed by atoms with E-state index in [-0.39, 0.29) is 18.6 Å². The van der Waals surface area contributed by atoms with Crippen LogP contribution in [0.3, 0.4) is 0 Å². The molecule has 126 valence electrons. The summed E-state index contributed by atoms with van der Waals surface area (Å²) in [5, 5.41) is 0. The summed E-state index contributed by atoms with van der Waals surface area (Å²) >= 11 is 0. The maximum absolute atomic E-state index is 12.5. The Morgan fingerprint density at radius 3 is 2.61 bits per heavy atom. The summed E-state index contributed by atoms with van der Waals surface area (Å²) in [7, 11) is 0. The van der Waals surface area contributed by atoms with E-state index < -0.39 is 18.4 Å².